The van der Waals surface area contributed by atoms with Gasteiger partial charge in [-0.3, -0.25) is 0 Å². The molecular formula is C17H26N2O2S. The van der Waals surface area contributed by atoms with Crippen molar-refractivity contribution < 1.29 is 8.42 Å². The van der Waals surface area contributed by atoms with Gasteiger partial charge in [-0.1, -0.05) is 31.2 Å². The number of rotatable bonds is 2. The van der Waals surface area contributed by atoms with Crippen molar-refractivity contribution in [2.75, 3.05) is 32.4 Å². The van der Waals surface area contributed by atoms with Gasteiger partial charge in [-0.15, -0.1) is 0 Å². The summed E-state index contributed by atoms with van der Waals surface area (Å²) < 4.78 is 26.2. The Balaban J connectivity index is 2.00. The summed E-state index contributed by atoms with van der Waals surface area (Å²) in [7, 11) is -3.18. The second-order valence-electron chi connectivity index (χ2n) is 6.95. The third-order valence-electron chi connectivity index (χ3n) is 5.20. The van der Waals surface area contributed by atoms with Gasteiger partial charge >= 0.3 is 0 Å². The molecule has 2 heterocycles. The van der Waals surface area contributed by atoms with E-state index in [1.165, 1.54) is 17.4 Å². The summed E-state index contributed by atoms with van der Waals surface area (Å²) in [5.41, 5.74) is 2.55. The average molecular weight is 322 g/mol. The van der Waals surface area contributed by atoms with Gasteiger partial charge in [-0.2, -0.15) is 4.31 Å². The number of sulfonamides is 1. The van der Waals surface area contributed by atoms with E-state index in [2.05, 4.69) is 30.0 Å². The van der Waals surface area contributed by atoms with Crippen LogP contribution in [0.25, 0.3) is 0 Å². The predicted octanol–water partition coefficient (Wildman–Crippen LogP) is 2.11. The fourth-order valence-electron chi connectivity index (χ4n) is 4.05. The molecule has 1 fully saturated rings. The van der Waals surface area contributed by atoms with E-state index < -0.39 is 10.0 Å². The second-order valence-corrected chi connectivity index (χ2v) is 8.93. The molecule has 0 bridgehead atoms. The minimum atomic E-state index is -3.18. The Morgan fingerprint density at radius 2 is 1.91 bits per heavy atom. The summed E-state index contributed by atoms with van der Waals surface area (Å²) in [5, 5.41) is 0. The maximum atomic E-state index is 12.2. The van der Waals surface area contributed by atoms with E-state index in [-0.39, 0.29) is 5.41 Å². The Hall–Kier alpha value is -0.910. The molecule has 0 aliphatic carbocycles. The maximum Gasteiger partial charge on any atom is 0.211 e. The van der Waals surface area contributed by atoms with Gasteiger partial charge in [0, 0.05) is 25.0 Å². The lowest BCUT2D eigenvalue weighted by molar-refractivity contribution is 0.0759. The first-order valence-electron chi connectivity index (χ1n) is 8.16. The van der Waals surface area contributed by atoms with Crippen LogP contribution in [0.1, 0.15) is 30.9 Å². The molecule has 0 aromatic heterocycles. The molecule has 2 aliphatic rings. The molecule has 1 aromatic rings. The number of hydrogen-bond acceptors (Lipinski definition) is 3. The quantitative estimate of drug-likeness (QED) is 0.837. The normalized spacial score (nSPS) is 27.5. The largest absolute Gasteiger partial charge is 0.303 e. The van der Waals surface area contributed by atoms with Crippen molar-refractivity contribution >= 4 is 10.0 Å². The Kier molecular flexibility index (Phi) is 4.32. The highest BCUT2D eigenvalue weighted by Gasteiger charge is 2.41. The highest BCUT2D eigenvalue weighted by Crippen LogP contribution is 2.38. The molecule has 1 aromatic carbocycles. The van der Waals surface area contributed by atoms with Crippen LogP contribution in [-0.4, -0.2) is 50.1 Å². The van der Waals surface area contributed by atoms with Gasteiger partial charge < -0.3 is 4.90 Å². The van der Waals surface area contributed by atoms with E-state index in [0.717, 1.165) is 38.9 Å². The number of piperidine rings is 1. The zero-order chi connectivity index (χ0) is 15.8. The number of hydrogen-bond donors (Lipinski definition) is 0. The van der Waals surface area contributed by atoms with Crippen LogP contribution in [0.4, 0.5) is 0 Å². The highest BCUT2D eigenvalue weighted by molar-refractivity contribution is 7.88. The van der Waals surface area contributed by atoms with Crippen molar-refractivity contribution in [2.24, 2.45) is 5.41 Å². The van der Waals surface area contributed by atoms with Crippen LogP contribution >= 0.6 is 0 Å². The average Bonchev–Trinajstić information content (AvgIpc) is 2.63. The standard InChI is InChI=1S/C17H26N2O2S/c1-3-18-10-6-9-17(13-18)11-15-7-4-5-8-16(15)12-19(14-17)22(2,20)21/h4-5,7-8H,3,6,9-14H2,1-2H3. The van der Waals surface area contributed by atoms with Gasteiger partial charge in [0.2, 0.25) is 10.0 Å². The molecule has 0 amide bonds. The van der Waals surface area contributed by atoms with Gasteiger partial charge in [0.15, 0.2) is 0 Å². The second kappa shape index (κ2) is 5.95. The zero-order valence-corrected chi connectivity index (χ0v) is 14.4. The molecule has 1 atom stereocenters. The van der Waals surface area contributed by atoms with Gasteiger partial charge in [-0.25, -0.2) is 8.42 Å². The summed E-state index contributed by atoms with van der Waals surface area (Å²) in [4.78, 5) is 2.47. The van der Waals surface area contributed by atoms with Gasteiger partial charge in [0.1, 0.15) is 0 Å². The monoisotopic (exact) mass is 322 g/mol. The van der Waals surface area contributed by atoms with Crippen molar-refractivity contribution in [1.29, 1.82) is 0 Å². The molecule has 4 nitrogen and oxygen atoms in total. The SMILES string of the molecule is CCN1CCCC2(Cc3ccccc3CN(S(C)(=O)=O)C2)C1. The minimum Gasteiger partial charge on any atom is -0.303 e. The fraction of sp³-hybridized carbons (Fsp3) is 0.647. The first-order valence-corrected chi connectivity index (χ1v) is 10.0. The molecule has 5 heteroatoms. The van der Waals surface area contributed by atoms with E-state index in [1.54, 1.807) is 4.31 Å². The summed E-state index contributed by atoms with van der Waals surface area (Å²) >= 11 is 0. The number of likely N-dealkylation sites (tertiary alicyclic amines) is 1. The van der Waals surface area contributed by atoms with E-state index >= 15 is 0 Å². The minimum absolute atomic E-state index is 0.0595. The summed E-state index contributed by atoms with van der Waals surface area (Å²) in [5.74, 6) is 0. The topological polar surface area (TPSA) is 40.6 Å². The molecule has 1 spiro atoms. The zero-order valence-electron chi connectivity index (χ0n) is 13.6. The third kappa shape index (κ3) is 3.21. The lowest BCUT2D eigenvalue weighted by atomic mass is 9.75. The van der Waals surface area contributed by atoms with Crippen LogP contribution in [-0.2, 0) is 23.0 Å². The number of benzene rings is 1. The Morgan fingerprint density at radius 1 is 1.18 bits per heavy atom. The fourth-order valence-corrected chi connectivity index (χ4v) is 4.93. The molecule has 0 saturated carbocycles. The van der Waals surface area contributed by atoms with Crippen molar-refractivity contribution in [3.05, 3.63) is 35.4 Å². The van der Waals surface area contributed by atoms with E-state index in [1.807, 2.05) is 6.07 Å². The Morgan fingerprint density at radius 3 is 2.59 bits per heavy atom. The van der Waals surface area contributed by atoms with Crippen molar-refractivity contribution in [2.45, 2.75) is 32.7 Å². The van der Waals surface area contributed by atoms with Crippen LogP contribution in [0.2, 0.25) is 0 Å². The van der Waals surface area contributed by atoms with E-state index in [9.17, 15) is 8.42 Å². The highest BCUT2D eigenvalue weighted by atomic mass is 32.2. The van der Waals surface area contributed by atoms with Crippen molar-refractivity contribution in [3.63, 3.8) is 0 Å². The Labute approximate surface area is 134 Å². The van der Waals surface area contributed by atoms with Crippen LogP contribution in [0.15, 0.2) is 24.3 Å². The molecule has 0 radical (unpaired) electrons. The molecule has 3 rings (SSSR count). The molecule has 1 unspecified atom stereocenters. The third-order valence-corrected chi connectivity index (χ3v) is 6.40. The van der Waals surface area contributed by atoms with Gasteiger partial charge in [0.05, 0.1) is 6.26 Å². The van der Waals surface area contributed by atoms with E-state index in [0.29, 0.717) is 13.1 Å². The van der Waals surface area contributed by atoms with Gasteiger partial charge in [0.25, 0.3) is 0 Å². The number of nitrogens with zero attached hydrogens (tertiary/aromatic N) is 2. The van der Waals surface area contributed by atoms with E-state index in [4.69, 9.17) is 0 Å². The van der Waals surface area contributed by atoms with Crippen LogP contribution in [0.5, 0.6) is 0 Å². The number of fused-ring (bicyclic) bond motifs is 1. The summed E-state index contributed by atoms with van der Waals surface area (Å²) in [6, 6.07) is 8.33. The Bertz CT molecular complexity index is 644. The van der Waals surface area contributed by atoms with Crippen LogP contribution in [0.3, 0.4) is 0 Å². The lowest BCUT2D eigenvalue weighted by Gasteiger charge is -2.43. The molecular weight excluding hydrogens is 296 g/mol. The van der Waals surface area contributed by atoms with Crippen molar-refractivity contribution in [3.8, 4) is 0 Å². The summed E-state index contributed by atoms with van der Waals surface area (Å²) in [6.45, 7) is 6.54. The predicted molar refractivity (Wildman–Crippen MR) is 89.2 cm³/mol. The molecule has 2 aliphatic heterocycles. The first kappa shape index (κ1) is 16.0. The van der Waals surface area contributed by atoms with Crippen LogP contribution < -0.4 is 0 Å². The smallest absolute Gasteiger partial charge is 0.211 e. The maximum absolute atomic E-state index is 12.2. The molecule has 122 valence electrons. The summed E-state index contributed by atoms with van der Waals surface area (Å²) in [6.07, 6.45) is 4.61. The van der Waals surface area contributed by atoms with Crippen molar-refractivity contribution in [1.82, 2.24) is 9.21 Å². The van der Waals surface area contributed by atoms with Gasteiger partial charge in [-0.05, 0) is 43.5 Å². The lowest BCUT2D eigenvalue weighted by Crippen LogP contribution is -2.50. The molecule has 0 N–H and O–H groups in total. The van der Waals surface area contributed by atoms with Crippen LogP contribution in [0, 0.1) is 5.41 Å². The molecule has 22 heavy (non-hydrogen) atoms. The first-order chi connectivity index (χ1) is 10.4. The molecule has 1 saturated heterocycles.